The second-order valence-corrected chi connectivity index (χ2v) is 11.8. The third-order valence-electron chi connectivity index (χ3n) is 7.90. The fraction of sp³-hybridized carbons (Fsp3) is 0.594. The number of amides is 1. The van der Waals surface area contributed by atoms with Crippen LogP contribution in [-0.2, 0) is 15.1 Å². The fourth-order valence-corrected chi connectivity index (χ4v) is 6.32. The van der Waals surface area contributed by atoms with Gasteiger partial charge in [-0.2, -0.15) is 0 Å². The van der Waals surface area contributed by atoms with E-state index in [2.05, 4.69) is 31.3 Å². The van der Waals surface area contributed by atoms with Crippen LogP contribution in [0.25, 0.3) is 11.1 Å². The first-order valence-electron chi connectivity index (χ1n) is 14.3. The number of rotatable bonds is 14. The van der Waals surface area contributed by atoms with Gasteiger partial charge in [-0.15, -0.1) is 0 Å². The topological polar surface area (TPSA) is 61.8 Å². The Balaban J connectivity index is 1.90. The van der Waals surface area contributed by atoms with Crippen molar-refractivity contribution in [3.8, 4) is 11.1 Å². The van der Waals surface area contributed by atoms with Crippen molar-refractivity contribution in [1.29, 1.82) is 0 Å². The molecule has 0 saturated carbocycles. The van der Waals surface area contributed by atoms with Crippen molar-refractivity contribution in [2.45, 2.75) is 64.4 Å². The Morgan fingerprint density at radius 3 is 2.71 bits per heavy atom. The van der Waals surface area contributed by atoms with Crippen LogP contribution in [0.1, 0.15) is 64.4 Å². The van der Waals surface area contributed by atoms with Gasteiger partial charge in [-0.3, -0.25) is 4.79 Å². The quantitative estimate of drug-likeness (QED) is 0.267. The van der Waals surface area contributed by atoms with E-state index in [4.69, 9.17) is 16.3 Å². The predicted molar refractivity (Wildman–Crippen MR) is 157 cm³/mol. The van der Waals surface area contributed by atoms with Crippen molar-refractivity contribution in [3.05, 3.63) is 59.1 Å². The molecule has 1 aliphatic heterocycles. The molecule has 210 valence electrons. The minimum Gasteiger partial charge on any atom is -0.385 e. The molecule has 38 heavy (non-hydrogen) atoms. The number of nitrogens with zero attached hydrogens (tertiary/aromatic N) is 1. The van der Waals surface area contributed by atoms with E-state index in [0.717, 1.165) is 61.9 Å². The van der Waals surface area contributed by atoms with Crippen LogP contribution in [0.15, 0.2) is 48.5 Å². The van der Waals surface area contributed by atoms with Gasteiger partial charge < -0.3 is 20.1 Å². The molecule has 2 N–H and O–H groups in total. The van der Waals surface area contributed by atoms with E-state index >= 15 is 0 Å². The second kappa shape index (κ2) is 15.0. The molecule has 0 radical (unpaired) electrons. The molecule has 2 aromatic rings. The van der Waals surface area contributed by atoms with E-state index in [1.165, 1.54) is 0 Å². The maximum atomic E-state index is 13.5. The zero-order chi connectivity index (χ0) is 27.5. The third-order valence-corrected chi connectivity index (χ3v) is 8.13. The van der Waals surface area contributed by atoms with Gasteiger partial charge in [0.25, 0.3) is 0 Å². The number of hydrogen-bond acceptors (Lipinski definition) is 4. The van der Waals surface area contributed by atoms with Crippen molar-refractivity contribution >= 4 is 17.5 Å². The Bertz CT molecular complexity index is 1010. The number of halogens is 1. The number of piperidine rings is 1. The van der Waals surface area contributed by atoms with Crippen molar-refractivity contribution in [2.75, 3.05) is 40.4 Å². The molecule has 1 saturated heterocycles. The molecule has 3 rings (SSSR count). The van der Waals surface area contributed by atoms with Gasteiger partial charge in [0.1, 0.15) is 0 Å². The van der Waals surface area contributed by atoms with Gasteiger partial charge in [0.2, 0.25) is 5.91 Å². The normalized spacial score (nSPS) is 18.4. The molecule has 0 unspecified atom stereocenters. The number of hydrogen-bond donors (Lipinski definition) is 2. The first kappa shape index (κ1) is 30.6. The number of carbonyl (C=O) groups is 1. The van der Waals surface area contributed by atoms with Crippen LogP contribution in [-0.4, -0.2) is 56.3 Å². The summed E-state index contributed by atoms with van der Waals surface area (Å²) in [6.45, 7) is 7.29. The molecule has 1 fully saturated rings. The zero-order valence-electron chi connectivity index (χ0n) is 23.7. The maximum absolute atomic E-state index is 13.5. The van der Waals surface area contributed by atoms with E-state index in [1.54, 1.807) is 7.11 Å². The van der Waals surface area contributed by atoms with E-state index < -0.39 is 5.60 Å². The molecule has 2 aromatic carbocycles. The highest BCUT2D eigenvalue weighted by Gasteiger charge is 2.42. The average molecular weight is 543 g/mol. The molecule has 0 bridgehead atoms. The SMILES string of the molecule is CNC[C@@H](CC(=O)N1CCC[C@@H]([C@@](O)(CCCCOC)c2ccccc2-c2cccc(Cl)c2)C1)CC(C)C. The van der Waals surface area contributed by atoms with Gasteiger partial charge in [-0.05, 0) is 92.8 Å². The summed E-state index contributed by atoms with van der Waals surface area (Å²) in [6, 6.07) is 16.0. The molecule has 0 spiro atoms. The highest BCUT2D eigenvalue weighted by Crippen LogP contribution is 2.44. The number of benzene rings is 2. The number of carbonyl (C=O) groups excluding carboxylic acids is 1. The lowest BCUT2D eigenvalue weighted by atomic mass is 9.72. The number of ether oxygens (including phenoxy) is 1. The Morgan fingerprint density at radius 1 is 1.21 bits per heavy atom. The molecule has 1 heterocycles. The van der Waals surface area contributed by atoms with Crippen molar-refractivity contribution in [1.82, 2.24) is 10.2 Å². The van der Waals surface area contributed by atoms with E-state index in [0.29, 0.717) is 42.9 Å². The smallest absolute Gasteiger partial charge is 0.222 e. The Hall–Kier alpha value is -1.92. The molecule has 0 aromatic heterocycles. The van der Waals surface area contributed by atoms with Gasteiger partial charge >= 0.3 is 0 Å². The van der Waals surface area contributed by atoms with Crippen molar-refractivity contribution in [2.24, 2.45) is 17.8 Å². The summed E-state index contributed by atoms with van der Waals surface area (Å²) in [4.78, 5) is 15.5. The molecule has 3 atom stereocenters. The Labute approximate surface area is 234 Å². The van der Waals surface area contributed by atoms with Crippen LogP contribution in [0.5, 0.6) is 0 Å². The largest absolute Gasteiger partial charge is 0.385 e. The molecule has 5 nitrogen and oxygen atoms in total. The van der Waals surface area contributed by atoms with E-state index in [-0.39, 0.29) is 11.8 Å². The lowest BCUT2D eigenvalue weighted by molar-refractivity contribution is -0.137. The number of aliphatic hydroxyl groups is 1. The van der Waals surface area contributed by atoms with E-state index in [9.17, 15) is 9.90 Å². The van der Waals surface area contributed by atoms with Gasteiger partial charge in [-0.1, -0.05) is 61.8 Å². The van der Waals surface area contributed by atoms with Crippen LogP contribution in [0.3, 0.4) is 0 Å². The summed E-state index contributed by atoms with van der Waals surface area (Å²) in [5.41, 5.74) is 1.86. The predicted octanol–water partition coefficient (Wildman–Crippen LogP) is 6.52. The first-order chi connectivity index (χ1) is 18.3. The number of nitrogens with one attached hydrogen (secondary N) is 1. The van der Waals surface area contributed by atoms with Gasteiger partial charge in [0.05, 0.1) is 5.60 Å². The van der Waals surface area contributed by atoms with Crippen LogP contribution in [0.4, 0.5) is 0 Å². The lowest BCUT2D eigenvalue weighted by Crippen LogP contribution is -2.48. The third kappa shape index (κ3) is 8.29. The van der Waals surface area contributed by atoms with Gasteiger partial charge in [0.15, 0.2) is 0 Å². The van der Waals surface area contributed by atoms with Crippen LogP contribution in [0.2, 0.25) is 5.02 Å². The summed E-state index contributed by atoms with van der Waals surface area (Å²) < 4.78 is 5.29. The summed E-state index contributed by atoms with van der Waals surface area (Å²) in [5.74, 6) is 1.04. The second-order valence-electron chi connectivity index (χ2n) is 11.4. The molecular weight excluding hydrogens is 496 g/mol. The monoisotopic (exact) mass is 542 g/mol. The fourth-order valence-electron chi connectivity index (χ4n) is 6.13. The standard InChI is InChI=1S/C32H47ClN2O3/c1-24(2)19-25(22-34-3)20-31(36)35-17-10-12-27(23-35)32(37,16-7-8-18-38-4)30-15-6-5-14-29(30)26-11-9-13-28(33)21-26/h5-6,9,11,13-15,21,24-25,27,34,37H,7-8,10,12,16-20,22-23H2,1-4H3/t25-,27-,32+/m1/s1. The minimum absolute atomic E-state index is 0.0454. The summed E-state index contributed by atoms with van der Waals surface area (Å²) >= 11 is 6.35. The Morgan fingerprint density at radius 2 is 2.00 bits per heavy atom. The number of methoxy groups -OCH3 is 1. The first-order valence-corrected chi connectivity index (χ1v) is 14.6. The number of likely N-dealkylation sites (tertiary alicyclic amines) is 1. The van der Waals surface area contributed by atoms with Gasteiger partial charge in [-0.25, -0.2) is 0 Å². The maximum Gasteiger partial charge on any atom is 0.222 e. The Kier molecular flexibility index (Phi) is 12.1. The number of unbranched alkanes of at least 4 members (excludes halogenated alkanes) is 1. The van der Waals surface area contributed by atoms with Crippen LogP contribution < -0.4 is 5.32 Å². The van der Waals surface area contributed by atoms with Crippen LogP contribution >= 0.6 is 11.6 Å². The minimum atomic E-state index is -1.06. The molecular formula is C32H47ClN2O3. The zero-order valence-corrected chi connectivity index (χ0v) is 24.5. The highest BCUT2D eigenvalue weighted by molar-refractivity contribution is 6.30. The van der Waals surface area contributed by atoms with Crippen molar-refractivity contribution in [3.63, 3.8) is 0 Å². The average Bonchev–Trinajstić information content (AvgIpc) is 2.91. The molecule has 1 aliphatic rings. The highest BCUT2D eigenvalue weighted by atomic mass is 35.5. The molecule has 6 heteroatoms. The lowest BCUT2D eigenvalue weighted by Gasteiger charge is -2.44. The molecule has 0 aliphatic carbocycles. The summed E-state index contributed by atoms with van der Waals surface area (Å²) in [5, 5.41) is 16.5. The van der Waals surface area contributed by atoms with Crippen molar-refractivity contribution < 1.29 is 14.6 Å². The van der Waals surface area contributed by atoms with Gasteiger partial charge in [0, 0.05) is 44.2 Å². The molecule has 1 amide bonds. The van der Waals surface area contributed by atoms with Crippen LogP contribution in [0, 0.1) is 17.8 Å². The summed E-state index contributed by atoms with van der Waals surface area (Å²) in [6.07, 6.45) is 5.72. The van der Waals surface area contributed by atoms with E-state index in [1.807, 2.05) is 48.3 Å². The summed E-state index contributed by atoms with van der Waals surface area (Å²) in [7, 11) is 3.67.